The van der Waals surface area contributed by atoms with Crippen LogP contribution in [0.25, 0.3) is 33.1 Å². The van der Waals surface area contributed by atoms with Crippen LogP contribution in [0.15, 0.2) is 53.2 Å². The molecule has 2 aromatic carbocycles. The molecule has 4 heterocycles. The van der Waals surface area contributed by atoms with E-state index in [4.69, 9.17) is 14.2 Å². The number of ether oxygens (including phenoxy) is 1. The molecule has 0 aliphatic carbocycles. The summed E-state index contributed by atoms with van der Waals surface area (Å²) in [6.07, 6.45) is 3.30. The summed E-state index contributed by atoms with van der Waals surface area (Å²) in [5.41, 5.74) is 5.13. The predicted octanol–water partition coefficient (Wildman–Crippen LogP) is 6.98. The Morgan fingerprint density at radius 3 is 2.36 bits per heavy atom. The first-order valence-electron chi connectivity index (χ1n) is 13.3. The van der Waals surface area contributed by atoms with Gasteiger partial charge in [-0.1, -0.05) is 17.3 Å². The topological polar surface area (TPSA) is 73.3 Å². The monoisotopic (exact) mass is 531 g/mol. The predicted molar refractivity (Wildman–Crippen MR) is 145 cm³/mol. The molecule has 6 rings (SSSR count). The molecule has 1 saturated heterocycles. The molecule has 202 valence electrons. The van der Waals surface area contributed by atoms with Crippen LogP contribution in [-0.2, 0) is 10.3 Å². The third-order valence-corrected chi connectivity index (χ3v) is 7.89. The van der Waals surface area contributed by atoms with E-state index in [1.807, 2.05) is 38.2 Å². The molecule has 8 heteroatoms. The quantitative estimate of drug-likeness (QED) is 0.265. The lowest BCUT2D eigenvalue weighted by Crippen LogP contribution is -2.27. The van der Waals surface area contributed by atoms with Crippen molar-refractivity contribution < 1.29 is 23.1 Å². The number of aromatic nitrogens is 3. The Morgan fingerprint density at radius 1 is 1.00 bits per heavy atom. The summed E-state index contributed by atoms with van der Waals surface area (Å²) in [5, 5.41) is 15.9. The fourth-order valence-corrected chi connectivity index (χ4v) is 6.03. The summed E-state index contributed by atoms with van der Waals surface area (Å²) >= 11 is 0. The van der Waals surface area contributed by atoms with Gasteiger partial charge in [-0.2, -0.15) is 0 Å². The first-order valence-corrected chi connectivity index (χ1v) is 13.3. The maximum atomic E-state index is 14.6. The normalized spacial score (nSPS) is 15.9. The Bertz CT molecular complexity index is 1650. The molecule has 39 heavy (non-hydrogen) atoms. The average Bonchev–Trinajstić information content (AvgIpc) is 3.39. The van der Waals surface area contributed by atoms with Crippen molar-refractivity contribution in [1.29, 1.82) is 0 Å². The van der Waals surface area contributed by atoms with Gasteiger partial charge in [0.25, 0.3) is 0 Å². The van der Waals surface area contributed by atoms with Gasteiger partial charge < -0.3 is 18.9 Å². The molecule has 1 N–H and O–H groups in total. The van der Waals surface area contributed by atoms with E-state index in [0.717, 1.165) is 63.2 Å². The molecular formula is C31H31F2N3O3. The molecule has 0 amide bonds. The molecule has 3 aromatic heterocycles. The van der Waals surface area contributed by atoms with Gasteiger partial charge in [0.05, 0.1) is 33.9 Å². The highest BCUT2D eigenvalue weighted by atomic mass is 19.1. The Morgan fingerprint density at radius 2 is 1.72 bits per heavy atom. The number of halogens is 2. The molecule has 1 fully saturated rings. The summed E-state index contributed by atoms with van der Waals surface area (Å²) < 4.78 is 42.5. The van der Waals surface area contributed by atoms with Gasteiger partial charge in [0.1, 0.15) is 17.4 Å². The van der Waals surface area contributed by atoms with E-state index in [0.29, 0.717) is 24.5 Å². The lowest BCUT2D eigenvalue weighted by Gasteiger charge is -2.33. The second-order valence-electron chi connectivity index (χ2n) is 11.0. The van der Waals surface area contributed by atoms with Crippen LogP contribution in [0.3, 0.4) is 0 Å². The first-order chi connectivity index (χ1) is 18.6. The fourth-order valence-electron chi connectivity index (χ4n) is 6.03. The highest BCUT2D eigenvalue weighted by Gasteiger charge is 2.32. The van der Waals surface area contributed by atoms with Crippen molar-refractivity contribution in [3.05, 3.63) is 82.9 Å². The zero-order chi connectivity index (χ0) is 27.5. The minimum Gasteiger partial charge on any atom is -0.386 e. The van der Waals surface area contributed by atoms with Crippen molar-refractivity contribution in [1.82, 2.24) is 14.7 Å². The van der Waals surface area contributed by atoms with E-state index >= 15 is 0 Å². The number of nitrogens with zero attached hydrogens (tertiary/aromatic N) is 3. The van der Waals surface area contributed by atoms with Crippen LogP contribution in [0.4, 0.5) is 8.78 Å². The Labute approximate surface area is 225 Å². The SMILES string of the molecule is Cc1noc(C)c1-c1cnc2c3ccc(C(C)(C)O)cc3n([C@@H](c3cc(F)cc(F)c3)C3CCOCC3)c2c1. The highest BCUT2D eigenvalue weighted by Crippen LogP contribution is 2.42. The summed E-state index contributed by atoms with van der Waals surface area (Å²) in [6, 6.07) is 11.3. The van der Waals surface area contributed by atoms with Gasteiger partial charge in [-0.15, -0.1) is 0 Å². The summed E-state index contributed by atoms with van der Waals surface area (Å²) in [5.74, 6) is -0.481. The van der Waals surface area contributed by atoms with Gasteiger partial charge in [-0.05, 0) is 81.8 Å². The van der Waals surface area contributed by atoms with Crippen LogP contribution in [0.5, 0.6) is 0 Å². The van der Waals surface area contributed by atoms with Crippen molar-refractivity contribution in [3.63, 3.8) is 0 Å². The van der Waals surface area contributed by atoms with Gasteiger partial charge in [0.2, 0.25) is 0 Å². The molecule has 1 atom stereocenters. The second-order valence-corrected chi connectivity index (χ2v) is 11.0. The summed E-state index contributed by atoms with van der Waals surface area (Å²) in [7, 11) is 0. The van der Waals surface area contributed by atoms with Crippen molar-refractivity contribution in [3.8, 4) is 11.1 Å². The zero-order valence-electron chi connectivity index (χ0n) is 22.5. The third kappa shape index (κ3) is 4.51. The second kappa shape index (κ2) is 9.54. The van der Waals surface area contributed by atoms with Crippen molar-refractivity contribution in [2.45, 2.75) is 52.2 Å². The molecule has 1 aliphatic heterocycles. The number of hydrogen-bond donors (Lipinski definition) is 1. The van der Waals surface area contributed by atoms with E-state index in [-0.39, 0.29) is 5.92 Å². The van der Waals surface area contributed by atoms with Gasteiger partial charge >= 0.3 is 0 Å². The maximum Gasteiger partial charge on any atom is 0.141 e. The minimum absolute atomic E-state index is 0.0623. The van der Waals surface area contributed by atoms with Crippen LogP contribution in [0.2, 0.25) is 0 Å². The third-order valence-electron chi connectivity index (χ3n) is 7.89. The number of fused-ring (bicyclic) bond motifs is 3. The van der Waals surface area contributed by atoms with Gasteiger partial charge in [0, 0.05) is 42.0 Å². The molecule has 1 aliphatic rings. The maximum absolute atomic E-state index is 14.6. The molecule has 0 radical (unpaired) electrons. The number of pyridine rings is 1. The minimum atomic E-state index is -1.08. The van der Waals surface area contributed by atoms with Crippen LogP contribution < -0.4 is 0 Å². The number of aryl methyl sites for hydroxylation is 2. The molecule has 5 aromatic rings. The van der Waals surface area contributed by atoms with E-state index in [1.165, 1.54) is 12.1 Å². The molecule has 6 nitrogen and oxygen atoms in total. The first kappa shape index (κ1) is 25.6. The summed E-state index contributed by atoms with van der Waals surface area (Å²) in [4.78, 5) is 4.89. The molecule has 0 unspecified atom stereocenters. The van der Waals surface area contributed by atoms with Crippen molar-refractivity contribution >= 4 is 21.9 Å². The fraction of sp³-hybridized carbons (Fsp3) is 0.355. The Hall–Kier alpha value is -3.62. The van der Waals surface area contributed by atoms with Gasteiger partial charge in [-0.3, -0.25) is 4.98 Å². The van der Waals surface area contributed by atoms with Crippen LogP contribution >= 0.6 is 0 Å². The van der Waals surface area contributed by atoms with E-state index in [9.17, 15) is 13.9 Å². The van der Waals surface area contributed by atoms with Crippen LogP contribution in [-0.4, -0.2) is 33.0 Å². The van der Waals surface area contributed by atoms with Gasteiger partial charge in [0.15, 0.2) is 0 Å². The van der Waals surface area contributed by atoms with Crippen LogP contribution in [0.1, 0.15) is 55.3 Å². The lowest BCUT2D eigenvalue weighted by atomic mass is 9.86. The lowest BCUT2D eigenvalue weighted by molar-refractivity contribution is 0.0552. The Kier molecular flexibility index (Phi) is 6.27. The molecule has 0 bridgehead atoms. The zero-order valence-corrected chi connectivity index (χ0v) is 22.5. The van der Waals surface area contributed by atoms with E-state index in [2.05, 4.69) is 15.8 Å². The number of benzene rings is 2. The van der Waals surface area contributed by atoms with Crippen molar-refractivity contribution in [2.24, 2.45) is 5.92 Å². The highest BCUT2D eigenvalue weighted by molar-refractivity contribution is 6.07. The van der Waals surface area contributed by atoms with E-state index < -0.39 is 23.3 Å². The molecule has 0 spiro atoms. The smallest absolute Gasteiger partial charge is 0.141 e. The number of hydrogen-bond acceptors (Lipinski definition) is 5. The standard InChI is InChI=1S/C31H31F2N3O3/c1-17-28(18(2)39-35-17)21-13-27-29(34-16-21)25-6-5-22(31(3,4)37)14-26(25)36(27)30(19-7-9-38-10-8-19)20-11-23(32)15-24(33)12-20/h5-6,11-16,19,30,37H,7-10H2,1-4H3/t30-/m1/s1. The van der Waals surface area contributed by atoms with Crippen LogP contribution in [0, 0.1) is 31.4 Å². The molecular weight excluding hydrogens is 500 g/mol. The van der Waals surface area contributed by atoms with E-state index in [1.54, 1.807) is 13.8 Å². The molecule has 0 saturated carbocycles. The van der Waals surface area contributed by atoms with Gasteiger partial charge in [-0.25, -0.2) is 8.78 Å². The summed E-state index contributed by atoms with van der Waals surface area (Å²) in [6.45, 7) is 8.40. The number of rotatable bonds is 5. The Balaban J connectivity index is 1.71. The number of aliphatic hydroxyl groups is 1. The van der Waals surface area contributed by atoms with Crippen molar-refractivity contribution in [2.75, 3.05) is 13.2 Å². The largest absolute Gasteiger partial charge is 0.386 e. The average molecular weight is 532 g/mol.